The second kappa shape index (κ2) is 8.56. The fourth-order valence-electron chi connectivity index (χ4n) is 4.45. The molecule has 10 heteroatoms. The number of aromatic nitrogens is 6. The molecule has 1 aromatic carbocycles. The van der Waals surface area contributed by atoms with E-state index < -0.39 is 5.69 Å². The van der Waals surface area contributed by atoms with Crippen molar-refractivity contribution >= 4 is 39.4 Å². The molecule has 4 aromatic heterocycles. The number of para-hydroxylation sites is 1. The topological polar surface area (TPSA) is 120 Å². The minimum atomic E-state index is -0.439. The van der Waals surface area contributed by atoms with Crippen molar-refractivity contribution in [1.29, 1.82) is 5.26 Å². The molecule has 0 radical (unpaired) electrons. The number of benzene rings is 1. The van der Waals surface area contributed by atoms with Crippen molar-refractivity contribution in [3.05, 3.63) is 69.4 Å². The first-order chi connectivity index (χ1) is 16.8. The number of hydrogen-bond acceptors (Lipinski definition) is 6. The maximum Gasteiger partial charge on any atom is 0.351 e. The number of nitrogen functional groups attached to an aromatic ring is 1. The molecular formula is C25H23ClN8O. The average molecular weight is 487 g/mol. The Morgan fingerprint density at radius 3 is 2.77 bits per heavy atom. The van der Waals surface area contributed by atoms with Crippen LogP contribution in [0.4, 0.5) is 5.82 Å². The van der Waals surface area contributed by atoms with Crippen LogP contribution < -0.4 is 11.4 Å². The van der Waals surface area contributed by atoms with Crippen molar-refractivity contribution in [2.45, 2.75) is 26.9 Å². The summed E-state index contributed by atoms with van der Waals surface area (Å²) in [7, 11) is 1.86. The van der Waals surface area contributed by atoms with Gasteiger partial charge >= 0.3 is 5.69 Å². The molecule has 0 aliphatic rings. The molecule has 9 nitrogen and oxygen atoms in total. The van der Waals surface area contributed by atoms with E-state index in [0.717, 1.165) is 16.6 Å². The van der Waals surface area contributed by atoms with Crippen LogP contribution in [0.1, 0.15) is 25.0 Å². The summed E-state index contributed by atoms with van der Waals surface area (Å²) in [4.78, 5) is 21.3. The van der Waals surface area contributed by atoms with Crippen molar-refractivity contribution in [3.63, 3.8) is 0 Å². The third-order valence-corrected chi connectivity index (χ3v) is 6.25. The first-order valence-electron chi connectivity index (χ1n) is 11.1. The van der Waals surface area contributed by atoms with Crippen LogP contribution in [0.2, 0.25) is 5.02 Å². The zero-order valence-electron chi connectivity index (χ0n) is 19.5. The zero-order chi connectivity index (χ0) is 24.9. The lowest BCUT2D eigenvalue weighted by Crippen LogP contribution is -2.26. The Hall–Kier alpha value is -4.16. The number of pyridine rings is 1. The van der Waals surface area contributed by atoms with Crippen molar-refractivity contribution < 1.29 is 0 Å². The molecular weight excluding hydrogens is 464 g/mol. The molecule has 2 N–H and O–H groups in total. The number of nitrogens with zero attached hydrogens (tertiary/aromatic N) is 7. The first kappa shape index (κ1) is 22.6. The van der Waals surface area contributed by atoms with Crippen LogP contribution in [-0.2, 0) is 20.1 Å². The number of hydrogen-bond donors (Lipinski definition) is 1. The number of aryl methyl sites for hydroxylation is 1. The lowest BCUT2D eigenvalue weighted by molar-refractivity contribution is 0.512. The Balaban J connectivity index is 1.83. The van der Waals surface area contributed by atoms with Gasteiger partial charge in [0.1, 0.15) is 11.9 Å². The van der Waals surface area contributed by atoms with Gasteiger partial charge in [0, 0.05) is 31.4 Å². The minimum Gasteiger partial charge on any atom is -0.383 e. The molecule has 0 aliphatic carbocycles. The Bertz CT molecular complexity index is 1700. The highest BCUT2D eigenvalue weighted by molar-refractivity contribution is 6.35. The Kier molecular flexibility index (Phi) is 5.53. The molecule has 0 amide bonds. The molecule has 0 bridgehead atoms. The van der Waals surface area contributed by atoms with E-state index >= 15 is 0 Å². The van der Waals surface area contributed by atoms with Crippen molar-refractivity contribution in [2.24, 2.45) is 13.0 Å². The molecule has 5 rings (SSSR count). The Labute approximate surface area is 206 Å². The SMILES string of the molecule is CC(C)Cn1c(=O)nc(N)c2c(-c3cc(C#N)cn3C)n(Cc3ccnc4c(Cl)cccc34)nc21. The fraction of sp³-hybridized carbons (Fsp3) is 0.240. The number of halogens is 1. The third-order valence-electron chi connectivity index (χ3n) is 5.95. The largest absolute Gasteiger partial charge is 0.383 e. The summed E-state index contributed by atoms with van der Waals surface area (Å²) >= 11 is 6.39. The number of rotatable bonds is 5. The number of nitriles is 1. The summed E-state index contributed by atoms with van der Waals surface area (Å²) in [6.45, 7) is 4.86. The summed E-state index contributed by atoms with van der Waals surface area (Å²) in [5, 5.41) is 16.4. The van der Waals surface area contributed by atoms with Crippen LogP contribution >= 0.6 is 11.6 Å². The molecule has 5 aromatic rings. The normalized spacial score (nSPS) is 11.5. The fourth-order valence-corrected chi connectivity index (χ4v) is 4.67. The second-order valence-electron chi connectivity index (χ2n) is 8.93. The summed E-state index contributed by atoms with van der Waals surface area (Å²) in [6.07, 6.45) is 3.46. The zero-order valence-corrected chi connectivity index (χ0v) is 20.3. The Morgan fingerprint density at radius 2 is 2.06 bits per heavy atom. The van der Waals surface area contributed by atoms with E-state index in [1.54, 1.807) is 29.1 Å². The van der Waals surface area contributed by atoms with E-state index in [4.69, 9.17) is 22.4 Å². The number of fused-ring (bicyclic) bond motifs is 2. The predicted molar refractivity (Wildman–Crippen MR) is 136 cm³/mol. The molecule has 0 saturated heterocycles. The van der Waals surface area contributed by atoms with Gasteiger partial charge in [0.2, 0.25) is 0 Å². The summed E-state index contributed by atoms with van der Waals surface area (Å²) < 4.78 is 5.22. The van der Waals surface area contributed by atoms with Crippen molar-refractivity contribution in [1.82, 2.24) is 28.9 Å². The van der Waals surface area contributed by atoms with Gasteiger partial charge in [-0.05, 0) is 29.7 Å². The number of nitrogens with two attached hydrogens (primary N) is 1. The summed E-state index contributed by atoms with van der Waals surface area (Å²) in [5.74, 6) is 0.301. The average Bonchev–Trinajstić information content (AvgIpc) is 3.37. The van der Waals surface area contributed by atoms with Crippen molar-refractivity contribution in [2.75, 3.05) is 5.73 Å². The smallest absolute Gasteiger partial charge is 0.351 e. The van der Waals surface area contributed by atoms with Gasteiger partial charge in [-0.2, -0.15) is 15.3 Å². The molecule has 176 valence electrons. The van der Waals surface area contributed by atoms with Gasteiger partial charge in [0.05, 0.1) is 39.4 Å². The maximum atomic E-state index is 12.8. The van der Waals surface area contributed by atoms with E-state index in [1.807, 2.05) is 48.3 Å². The summed E-state index contributed by atoms with van der Waals surface area (Å²) in [5.41, 5.74) is 9.92. The van der Waals surface area contributed by atoms with E-state index in [-0.39, 0.29) is 11.7 Å². The third kappa shape index (κ3) is 3.82. The van der Waals surface area contributed by atoms with Crippen LogP contribution in [0.15, 0.2) is 47.5 Å². The standard InChI is InChI=1S/C25H23ClN8O/c1-14(2)11-33-24-20(23(28)30-25(33)35)22(19-9-15(10-27)12-32(19)3)34(31-24)13-16-7-8-29-21-17(16)5-4-6-18(21)26/h4-9,12,14H,11,13H2,1-3H3,(H2,28,30,35). The van der Waals surface area contributed by atoms with Gasteiger partial charge in [-0.1, -0.05) is 37.6 Å². The van der Waals surface area contributed by atoms with Crippen LogP contribution in [0.3, 0.4) is 0 Å². The van der Waals surface area contributed by atoms with Gasteiger partial charge in [-0.25, -0.2) is 4.79 Å². The molecule has 0 atom stereocenters. The molecule has 0 spiro atoms. The highest BCUT2D eigenvalue weighted by atomic mass is 35.5. The highest BCUT2D eigenvalue weighted by Crippen LogP contribution is 2.34. The highest BCUT2D eigenvalue weighted by Gasteiger charge is 2.24. The van der Waals surface area contributed by atoms with Gasteiger partial charge in [0.15, 0.2) is 5.65 Å². The number of anilines is 1. The van der Waals surface area contributed by atoms with Crippen LogP contribution in [-0.4, -0.2) is 28.9 Å². The molecule has 0 aliphatic heterocycles. The second-order valence-corrected chi connectivity index (χ2v) is 9.34. The minimum absolute atomic E-state index is 0.105. The van der Waals surface area contributed by atoms with Gasteiger partial charge < -0.3 is 10.3 Å². The van der Waals surface area contributed by atoms with Crippen molar-refractivity contribution in [3.8, 4) is 17.5 Å². The Morgan fingerprint density at radius 1 is 1.26 bits per heavy atom. The predicted octanol–water partition coefficient (Wildman–Crippen LogP) is 3.96. The van der Waals surface area contributed by atoms with Gasteiger partial charge in [-0.15, -0.1) is 0 Å². The molecule has 0 fully saturated rings. The van der Waals surface area contributed by atoms with E-state index in [2.05, 4.69) is 16.0 Å². The lowest BCUT2D eigenvalue weighted by Gasteiger charge is -2.11. The molecule has 35 heavy (non-hydrogen) atoms. The van der Waals surface area contributed by atoms with Crippen LogP contribution in [0, 0.1) is 17.2 Å². The summed E-state index contributed by atoms with van der Waals surface area (Å²) in [6, 6.07) is 11.5. The van der Waals surface area contributed by atoms with Crippen LogP contribution in [0.5, 0.6) is 0 Å². The van der Waals surface area contributed by atoms with E-state index in [0.29, 0.717) is 45.9 Å². The molecule has 0 unspecified atom stereocenters. The van der Waals surface area contributed by atoms with Crippen LogP contribution in [0.25, 0.3) is 33.3 Å². The molecule has 4 heterocycles. The lowest BCUT2D eigenvalue weighted by atomic mass is 10.1. The molecule has 0 saturated carbocycles. The van der Waals surface area contributed by atoms with E-state index in [1.165, 1.54) is 0 Å². The monoisotopic (exact) mass is 486 g/mol. The van der Waals surface area contributed by atoms with E-state index in [9.17, 15) is 10.1 Å². The van der Waals surface area contributed by atoms with Gasteiger partial charge in [-0.3, -0.25) is 14.2 Å². The maximum absolute atomic E-state index is 12.8. The first-order valence-corrected chi connectivity index (χ1v) is 11.5. The van der Waals surface area contributed by atoms with Gasteiger partial charge in [0.25, 0.3) is 0 Å². The quantitative estimate of drug-likeness (QED) is 0.401.